The van der Waals surface area contributed by atoms with Gasteiger partial charge in [0.2, 0.25) is 0 Å². The molecule has 1 aliphatic heterocycles. The molecule has 0 saturated carbocycles. The van der Waals surface area contributed by atoms with Gasteiger partial charge in [-0.15, -0.1) is 0 Å². The minimum atomic E-state index is -2.74. The van der Waals surface area contributed by atoms with E-state index in [0.29, 0.717) is 31.3 Å². The van der Waals surface area contributed by atoms with E-state index in [0.717, 1.165) is 5.69 Å². The van der Waals surface area contributed by atoms with Gasteiger partial charge in [0.05, 0.1) is 12.6 Å². The lowest BCUT2D eigenvalue weighted by atomic mass is 10.1. The summed E-state index contributed by atoms with van der Waals surface area (Å²) in [5, 5.41) is 3.04. The fourth-order valence-electron chi connectivity index (χ4n) is 5.45. The van der Waals surface area contributed by atoms with Gasteiger partial charge in [-0.2, -0.15) is 0 Å². The molecular weight excluding hydrogens is 524 g/mol. The third-order valence-corrected chi connectivity index (χ3v) is 12.5. The molecule has 5 nitrogen and oxygen atoms in total. The molecule has 0 bridgehead atoms. The molecule has 1 saturated heterocycles. The maximum atomic E-state index is 13.1. The highest BCUT2D eigenvalue weighted by Crippen LogP contribution is 2.37. The lowest BCUT2D eigenvalue weighted by molar-refractivity contribution is 0.0199. The van der Waals surface area contributed by atoms with Gasteiger partial charge < -0.3 is 19.0 Å². The Labute approximate surface area is 239 Å². The predicted octanol–water partition coefficient (Wildman–Crippen LogP) is 6.34. The highest BCUT2D eigenvalue weighted by molar-refractivity contribution is 6.99. The summed E-state index contributed by atoms with van der Waals surface area (Å²) < 4.78 is 13.0. The number of benzene rings is 3. The van der Waals surface area contributed by atoms with Crippen LogP contribution in [0.3, 0.4) is 0 Å². The van der Waals surface area contributed by atoms with Crippen molar-refractivity contribution in [2.24, 2.45) is 0 Å². The Kier molecular flexibility index (Phi) is 8.79. The van der Waals surface area contributed by atoms with Gasteiger partial charge in [0, 0.05) is 30.3 Å². The number of hydrogen-bond donors (Lipinski definition) is 0. The van der Waals surface area contributed by atoms with Crippen LogP contribution < -0.4 is 15.3 Å². The zero-order chi connectivity index (χ0) is 28.3. The molecule has 208 valence electrons. The smallest absolute Gasteiger partial charge is 0.410 e. The molecular formula is C32H41ClN2O3Si. The van der Waals surface area contributed by atoms with E-state index in [-0.39, 0.29) is 17.2 Å². The van der Waals surface area contributed by atoms with Crippen molar-refractivity contribution in [3.8, 4) is 0 Å². The topological polar surface area (TPSA) is 42.0 Å². The highest BCUT2D eigenvalue weighted by atomic mass is 35.5. The molecule has 39 heavy (non-hydrogen) atoms. The van der Waals surface area contributed by atoms with Crippen molar-refractivity contribution in [2.45, 2.75) is 58.2 Å². The quantitative estimate of drug-likeness (QED) is 0.328. The summed E-state index contributed by atoms with van der Waals surface area (Å²) >= 11 is 6.21. The molecule has 1 unspecified atom stereocenters. The standard InChI is InChI=1S/C32H41ClN2O3Si/c1-31(2,3)38-30(36)34-21-22-35(26-19-17-25(33)18-20-26)27(23-34)24-37-39(32(4,5)6,28-13-9-7-10-14-28)29-15-11-8-12-16-29/h7-20,27H,21-24H2,1-6H3. The van der Waals surface area contributed by atoms with Gasteiger partial charge in [0.1, 0.15) is 5.60 Å². The van der Waals surface area contributed by atoms with Crippen molar-refractivity contribution in [1.29, 1.82) is 0 Å². The molecule has 3 aromatic carbocycles. The Morgan fingerprint density at radius 2 is 1.38 bits per heavy atom. The van der Waals surface area contributed by atoms with Crippen LogP contribution in [0, 0.1) is 0 Å². The van der Waals surface area contributed by atoms with Crippen LogP contribution in [-0.2, 0) is 9.16 Å². The number of hydrogen-bond acceptors (Lipinski definition) is 4. The van der Waals surface area contributed by atoms with Crippen LogP contribution in [0.25, 0.3) is 0 Å². The Balaban J connectivity index is 1.72. The summed E-state index contributed by atoms with van der Waals surface area (Å²) in [6, 6.07) is 29.2. The predicted molar refractivity (Wildman–Crippen MR) is 164 cm³/mol. The second kappa shape index (κ2) is 11.7. The summed E-state index contributed by atoms with van der Waals surface area (Å²) in [6.45, 7) is 14.8. The van der Waals surface area contributed by atoms with Crippen LogP contribution in [-0.4, -0.2) is 57.2 Å². The number of carbonyl (C=O) groups is 1. The van der Waals surface area contributed by atoms with E-state index in [1.807, 2.05) is 49.9 Å². The summed E-state index contributed by atoms with van der Waals surface area (Å²) in [4.78, 5) is 17.2. The second-order valence-electron chi connectivity index (χ2n) is 12.2. The van der Waals surface area contributed by atoms with Gasteiger partial charge >= 0.3 is 6.09 Å². The largest absolute Gasteiger partial charge is 0.444 e. The molecule has 0 N–H and O–H groups in total. The maximum absolute atomic E-state index is 13.1. The first kappa shape index (κ1) is 29.2. The lowest BCUT2D eigenvalue weighted by Crippen LogP contribution is -2.68. The molecule has 3 aromatic rings. The molecule has 0 aromatic heterocycles. The van der Waals surface area contributed by atoms with E-state index in [1.54, 1.807) is 0 Å². The van der Waals surface area contributed by atoms with Crippen LogP contribution in [0.2, 0.25) is 10.1 Å². The van der Waals surface area contributed by atoms with Crippen molar-refractivity contribution in [3.05, 3.63) is 90.0 Å². The fourth-order valence-corrected chi connectivity index (χ4v) is 10.2. The number of ether oxygens (including phenoxy) is 1. The second-order valence-corrected chi connectivity index (χ2v) is 17.0. The molecule has 0 aliphatic carbocycles. The summed E-state index contributed by atoms with van der Waals surface area (Å²) in [5.74, 6) is 0. The SMILES string of the molecule is CC(C)(C)OC(=O)N1CCN(c2ccc(Cl)cc2)C(CO[Si](c2ccccc2)(c2ccccc2)C(C)(C)C)C1. The van der Waals surface area contributed by atoms with Crippen LogP contribution in [0.5, 0.6) is 0 Å². The van der Waals surface area contributed by atoms with Crippen molar-refractivity contribution in [1.82, 2.24) is 4.90 Å². The number of halogens is 1. The number of amides is 1. The number of carbonyl (C=O) groups excluding carboxylic acids is 1. The summed E-state index contributed by atoms with van der Waals surface area (Å²) in [7, 11) is -2.74. The minimum absolute atomic E-state index is 0.0610. The molecule has 7 heteroatoms. The van der Waals surface area contributed by atoms with E-state index in [4.69, 9.17) is 20.8 Å². The molecule has 4 rings (SSSR count). The summed E-state index contributed by atoms with van der Waals surface area (Å²) in [5.41, 5.74) is 0.519. The van der Waals surface area contributed by atoms with Gasteiger partial charge in [0.25, 0.3) is 8.32 Å². The van der Waals surface area contributed by atoms with Crippen LogP contribution in [0.1, 0.15) is 41.5 Å². The first-order valence-electron chi connectivity index (χ1n) is 13.7. The van der Waals surface area contributed by atoms with Crippen molar-refractivity contribution >= 4 is 42.1 Å². The van der Waals surface area contributed by atoms with E-state index in [9.17, 15) is 4.79 Å². The van der Waals surface area contributed by atoms with Gasteiger partial charge in [-0.05, 0) is 60.4 Å². The van der Waals surface area contributed by atoms with Gasteiger partial charge in [-0.1, -0.05) is 93.0 Å². The first-order chi connectivity index (χ1) is 18.4. The fraction of sp³-hybridized carbons (Fsp3) is 0.406. The highest BCUT2D eigenvalue weighted by Gasteiger charge is 2.50. The van der Waals surface area contributed by atoms with Gasteiger partial charge in [-0.25, -0.2) is 4.79 Å². The van der Waals surface area contributed by atoms with E-state index in [1.165, 1.54) is 10.4 Å². The Morgan fingerprint density at radius 1 is 0.846 bits per heavy atom. The number of rotatable bonds is 6. The zero-order valence-corrected chi connectivity index (χ0v) is 25.7. The van der Waals surface area contributed by atoms with Crippen molar-refractivity contribution < 1.29 is 14.0 Å². The third kappa shape index (κ3) is 6.68. The molecule has 1 amide bonds. The normalized spacial score (nSPS) is 16.7. The van der Waals surface area contributed by atoms with Crippen molar-refractivity contribution in [2.75, 3.05) is 31.1 Å². The molecule has 1 fully saturated rings. The van der Waals surface area contributed by atoms with E-state index >= 15 is 0 Å². The first-order valence-corrected chi connectivity index (χ1v) is 15.9. The van der Waals surface area contributed by atoms with E-state index < -0.39 is 13.9 Å². The number of piperazine rings is 1. The number of nitrogens with zero attached hydrogens (tertiary/aromatic N) is 2. The molecule has 0 spiro atoms. The van der Waals surface area contributed by atoms with Crippen LogP contribution in [0.4, 0.5) is 10.5 Å². The van der Waals surface area contributed by atoms with Crippen LogP contribution >= 0.6 is 11.6 Å². The Morgan fingerprint density at radius 3 is 1.87 bits per heavy atom. The zero-order valence-electron chi connectivity index (χ0n) is 24.0. The average molecular weight is 565 g/mol. The third-order valence-electron chi connectivity index (χ3n) is 7.20. The summed E-state index contributed by atoms with van der Waals surface area (Å²) in [6.07, 6.45) is -0.284. The Hall–Kier alpha value is -2.80. The molecule has 1 heterocycles. The molecule has 1 atom stereocenters. The van der Waals surface area contributed by atoms with Gasteiger partial charge in [0.15, 0.2) is 0 Å². The average Bonchev–Trinajstić information content (AvgIpc) is 2.89. The van der Waals surface area contributed by atoms with E-state index in [2.05, 4.69) is 86.3 Å². The van der Waals surface area contributed by atoms with Crippen molar-refractivity contribution in [3.63, 3.8) is 0 Å². The number of anilines is 1. The van der Waals surface area contributed by atoms with Gasteiger partial charge in [-0.3, -0.25) is 0 Å². The van der Waals surface area contributed by atoms with Crippen LogP contribution in [0.15, 0.2) is 84.9 Å². The molecule has 1 aliphatic rings. The maximum Gasteiger partial charge on any atom is 0.410 e. The molecule has 0 radical (unpaired) electrons. The Bertz CT molecular complexity index is 1180. The monoisotopic (exact) mass is 564 g/mol. The lowest BCUT2D eigenvalue weighted by Gasteiger charge is -2.47. The minimum Gasteiger partial charge on any atom is -0.444 e.